The van der Waals surface area contributed by atoms with Crippen molar-refractivity contribution in [3.05, 3.63) is 49.2 Å². The lowest BCUT2D eigenvalue weighted by Crippen LogP contribution is -2.28. The molecule has 0 aliphatic carbocycles. The van der Waals surface area contributed by atoms with Crippen LogP contribution in [-0.4, -0.2) is 56.0 Å². The number of pyridine rings is 1. The van der Waals surface area contributed by atoms with Gasteiger partial charge in [-0.2, -0.15) is 5.10 Å². The van der Waals surface area contributed by atoms with Gasteiger partial charge in [-0.3, -0.25) is 9.67 Å². The van der Waals surface area contributed by atoms with Gasteiger partial charge in [0.1, 0.15) is 23.6 Å². The first kappa shape index (κ1) is 18.1. The molecular weight excluding hydrogens is 354 g/mol. The number of H-pyrrole nitrogens is 1. The van der Waals surface area contributed by atoms with Crippen molar-refractivity contribution in [2.24, 2.45) is 0 Å². The molecule has 0 radical (unpaired) electrons. The van der Waals surface area contributed by atoms with Crippen molar-refractivity contribution >= 4 is 16.9 Å². The molecule has 0 saturated carbocycles. The topological polar surface area (TPSA) is 84.8 Å². The van der Waals surface area contributed by atoms with Gasteiger partial charge in [-0.05, 0) is 32.0 Å². The number of fused-ring (bicyclic) bond motifs is 1. The lowest BCUT2D eigenvalue weighted by atomic mass is 10.1. The standard InChI is InChI=1S/C20H23N7O/c1-3-26(11-12-28-4-2)19-13-16(17-5-8-21-14-22-17)15-7-10-27(20(15)24-19)18-6-9-23-25-18/h5-10,13-14H,3-4,11-12H2,1-2H3,(H,23,25). The zero-order chi connectivity index (χ0) is 19.3. The summed E-state index contributed by atoms with van der Waals surface area (Å²) in [7, 11) is 0. The van der Waals surface area contributed by atoms with Crippen LogP contribution in [0.3, 0.4) is 0 Å². The van der Waals surface area contributed by atoms with Crippen molar-refractivity contribution in [1.82, 2.24) is 29.7 Å². The summed E-state index contributed by atoms with van der Waals surface area (Å²) in [6.07, 6.45) is 7.06. The van der Waals surface area contributed by atoms with Gasteiger partial charge >= 0.3 is 0 Å². The fraction of sp³-hybridized carbons (Fsp3) is 0.300. The van der Waals surface area contributed by atoms with E-state index in [0.717, 1.165) is 47.0 Å². The van der Waals surface area contributed by atoms with Crippen LogP contribution in [0.1, 0.15) is 13.8 Å². The molecule has 0 bridgehead atoms. The lowest BCUT2D eigenvalue weighted by molar-refractivity contribution is 0.154. The summed E-state index contributed by atoms with van der Waals surface area (Å²) in [5.74, 6) is 1.76. The minimum absolute atomic E-state index is 0.661. The summed E-state index contributed by atoms with van der Waals surface area (Å²) in [6.45, 7) is 7.10. The van der Waals surface area contributed by atoms with Gasteiger partial charge in [-0.15, -0.1) is 0 Å². The Hall–Kier alpha value is -3.26. The van der Waals surface area contributed by atoms with Crippen molar-refractivity contribution < 1.29 is 4.74 Å². The van der Waals surface area contributed by atoms with Crippen molar-refractivity contribution in [1.29, 1.82) is 0 Å². The number of hydrogen-bond donors (Lipinski definition) is 1. The van der Waals surface area contributed by atoms with Crippen LogP contribution in [0.25, 0.3) is 28.1 Å². The van der Waals surface area contributed by atoms with E-state index in [4.69, 9.17) is 9.72 Å². The Kier molecular flexibility index (Phi) is 5.29. The molecule has 0 unspecified atom stereocenters. The highest BCUT2D eigenvalue weighted by molar-refractivity contribution is 5.94. The maximum atomic E-state index is 5.55. The van der Waals surface area contributed by atoms with E-state index in [1.807, 2.05) is 29.8 Å². The molecule has 0 saturated heterocycles. The molecule has 8 nitrogen and oxygen atoms in total. The Labute approximate surface area is 163 Å². The summed E-state index contributed by atoms with van der Waals surface area (Å²) < 4.78 is 7.56. The first-order chi connectivity index (χ1) is 13.8. The average Bonchev–Trinajstić information content (AvgIpc) is 3.40. The molecule has 4 rings (SSSR count). The van der Waals surface area contributed by atoms with Crippen molar-refractivity contribution in [2.45, 2.75) is 13.8 Å². The molecular formula is C20H23N7O. The Bertz CT molecular complexity index is 1030. The summed E-state index contributed by atoms with van der Waals surface area (Å²) in [5, 5.41) is 8.10. The second-order valence-electron chi connectivity index (χ2n) is 6.26. The third-order valence-electron chi connectivity index (χ3n) is 4.66. The molecule has 4 aromatic heterocycles. The largest absolute Gasteiger partial charge is 0.380 e. The number of rotatable bonds is 8. The van der Waals surface area contributed by atoms with Gasteiger partial charge in [0.2, 0.25) is 0 Å². The van der Waals surface area contributed by atoms with Crippen molar-refractivity contribution in [3.63, 3.8) is 0 Å². The van der Waals surface area contributed by atoms with Gasteiger partial charge in [0.05, 0.1) is 18.5 Å². The SMILES string of the molecule is CCOCCN(CC)c1cc(-c2ccncn2)c2ccn(-c3ccn[nH]3)c2n1. The second-order valence-corrected chi connectivity index (χ2v) is 6.26. The third-order valence-corrected chi connectivity index (χ3v) is 4.66. The van der Waals surface area contributed by atoms with E-state index in [1.54, 1.807) is 18.7 Å². The molecule has 0 atom stereocenters. The van der Waals surface area contributed by atoms with Crippen LogP contribution in [-0.2, 0) is 4.74 Å². The molecule has 144 valence electrons. The van der Waals surface area contributed by atoms with Gasteiger partial charge in [0, 0.05) is 49.1 Å². The van der Waals surface area contributed by atoms with Crippen molar-refractivity contribution in [2.75, 3.05) is 31.2 Å². The zero-order valence-corrected chi connectivity index (χ0v) is 16.0. The van der Waals surface area contributed by atoms with E-state index in [0.29, 0.717) is 13.2 Å². The summed E-state index contributed by atoms with van der Waals surface area (Å²) >= 11 is 0. The smallest absolute Gasteiger partial charge is 0.148 e. The maximum absolute atomic E-state index is 5.55. The van der Waals surface area contributed by atoms with Gasteiger partial charge < -0.3 is 9.64 Å². The number of aromatic nitrogens is 6. The van der Waals surface area contributed by atoms with E-state index < -0.39 is 0 Å². The monoisotopic (exact) mass is 377 g/mol. The summed E-state index contributed by atoms with van der Waals surface area (Å²) in [5.41, 5.74) is 2.74. The van der Waals surface area contributed by atoms with E-state index in [1.165, 1.54) is 0 Å². The number of aromatic amines is 1. The lowest BCUT2D eigenvalue weighted by Gasteiger charge is -2.23. The zero-order valence-electron chi connectivity index (χ0n) is 16.0. The molecule has 1 N–H and O–H groups in total. The number of likely N-dealkylation sites (N-methyl/N-ethyl adjacent to an activating group) is 1. The highest BCUT2D eigenvalue weighted by atomic mass is 16.5. The Morgan fingerprint density at radius 3 is 2.82 bits per heavy atom. The third kappa shape index (κ3) is 3.46. The molecule has 0 aliphatic rings. The van der Waals surface area contributed by atoms with Crippen LogP contribution in [0, 0.1) is 0 Å². The van der Waals surface area contributed by atoms with E-state index in [-0.39, 0.29) is 0 Å². The van der Waals surface area contributed by atoms with Gasteiger partial charge in [-0.1, -0.05) is 0 Å². The van der Waals surface area contributed by atoms with E-state index in [9.17, 15) is 0 Å². The molecule has 28 heavy (non-hydrogen) atoms. The molecule has 0 fully saturated rings. The predicted molar refractivity (Wildman–Crippen MR) is 109 cm³/mol. The van der Waals surface area contributed by atoms with E-state index in [2.05, 4.69) is 44.1 Å². The quantitative estimate of drug-likeness (QED) is 0.475. The first-order valence-electron chi connectivity index (χ1n) is 9.42. The summed E-state index contributed by atoms with van der Waals surface area (Å²) in [6, 6.07) is 7.99. The van der Waals surface area contributed by atoms with E-state index >= 15 is 0 Å². The average molecular weight is 377 g/mol. The highest BCUT2D eigenvalue weighted by Gasteiger charge is 2.16. The van der Waals surface area contributed by atoms with Crippen molar-refractivity contribution in [3.8, 4) is 17.1 Å². The minimum Gasteiger partial charge on any atom is -0.380 e. The fourth-order valence-electron chi connectivity index (χ4n) is 3.25. The number of ether oxygens (including phenoxy) is 1. The summed E-state index contributed by atoms with van der Waals surface area (Å²) in [4.78, 5) is 15.7. The molecule has 8 heteroatoms. The molecule has 0 aromatic carbocycles. The van der Waals surface area contributed by atoms with Crippen LogP contribution in [0.4, 0.5) is 5.82 Å². The minimum atomic E-state index is 0.661. The highest BCUT2D eigenvalue weighted by Crippen LogP contribution is 2.31. The number of hydrogen-bond acceptors (Lipinski definition) is 6. The molecule has 0 amide bonds. The van der Waals surface area contributed by atoms with Crippen LogP contribution < -0.4 is 4.90 Å². The number of anilines is 1. The molecule has 0 aliphatic heterocycles. The maximum Gasteiger partial charge on any atom is 0.148 e. The van der Waals surface area contributed by atoms with Crippen LogP contribution >= 0.6 is 0 Å². The van der Waals surface area contributed by atoms with Crippen LogP contribution in [0.2, 0.25) is 0 Å². The Balaban J connectivity index is 1.86. The molecule has 0 spiro atoms. The number of nitrogens with zero attached hydrogens (tertiary/aromatic N) is 6. The second kappa shape index (κ2) is 8.18. The van der Waals surface area contributed by atoms with Gasteiger partial charge in [-0.25, -0.2) is 15.0 Å². The van der Waals surface area contributed by atoms with Gasteiger partial charge in [0.25, 0.3) is 0 Å². The normalized spacial score (nSPS) is 11.2. The molecule has 4 aromatic rings. The first-order valence-corrected chi connectivity index (χ1v) is 9.42. The molecule has 4 heterocycles. The fourth-order valence-corrected chi connectivity index (χ4v) is 3.25. The van der Waals surface area contributed by atoms with Crippen LogP contribution in [0.15, 0.2) is 49.2 Å². The van der Waals surface area contributed by atoms with Gasteiger partial charge in [0.15, 0.2) is 0 Å². The Morgan fingerprint density at radius 2 is 2.11 bits per heavy atom. The van der Waals surface area contributed by atoms with Crippen LogP contribution in [0.5, 0.6) is 0 Å². The number of nitrogens with one attached hydrogen (secondary N) is 1. The Morgan fingerprint density at radius 1 is 1.18 bits per heavy atom. The predicted octanol–water partition coefficient (Wildman–Crippen LogP) is 3.07.